The molecule has 2 heterocycles. The van der Waals surface area contributed by atoms with Crippen LogP contribution in [-0.4, -0.2) is 43.4 Å². The van der Waals surface area contributed by atoms with Gasteiger partial charge in [-0.05, 0) is 43.2 Å². The van der Waals surface area contributed by atoms with E-state index >= 15 is 0 Å². The number of carbonyl (C=O) groups is 1. The minimum Gasteiger partial charge on any atom is -0.493 e. The van der Waals surface area contributed by atoms with Gasteiger partial charge in [-0.25, -0.2) is 9.79 Å². The van der Waals surface area contributed by atoms with Gasteiger partial charge in [-0.15, -0.1) is 0 Å². The summed E-state index contributed by atoms with van der Waals surface area (Å²) in [4.78, 5) is 42.5. The fourth-order valence-corrected chi connectivity index (χ4v) is 5.29. The van der Waals surface area contributed by atoms with Gasteiger partial charge in [-0.3, -0.25) is 19.5 Å². The van der Waals surface area contributed by atoms with Gasteiger partial charge in [0.05, 0.1) is 54.7 Å². The number of thiazole rings is 1. The van der Waals surface area contributed by atoms with Crippen LogP contribution < -0.4 is 29.1 Å². The Morgan fingerprint density at radius 3 is 2.42 bits per heavy atom. The van der Waals surface area contributed by atoms with Gasteiger partial charge in [-0.1, -0.05) is 23.5 Å². The smallest absolute Gasteiger partial charge is 0.338 e. The molecule has 38 heavy (non-hydrogen) atoms. The highest BCUT2D eigenvalue weighted by atomic mass is 32.1. The molecular formula is C26H25N3O8S. The first-order valence-corrected chi connectivity index (χ1v) is 12.3. The second-order valence-electron chi connectivity index (χ2n) is 8.11. The van der Waals surface area contributed by atoms with E-state index in [0.29, 0.717) is 43.4 Å². The molecule has 0 bridgehead atoms. The van der Waals surface area contributed by atoms with Gasteiger partial charge in [0.2, 0.25) is 5.75 Å². The number of rotatable bonds is 8. The van der Waals surface area contributed by atoms with Crippen molar-refractivity contribution in [1.29, 1.82) is 0 Å². The molecule has 0 saturated carbocycles. The summed E-state index contributed by atoms with van der Waals surface area (Å²) in [6.07, 6.45) is 1.56. The number of nitro benzene ring substituents is 1. The normalized spacial score (nSPS) is 15.0. The van der Waals surface area contributed by atoms with E-state index in [1.54, 1.807) is 44.2 Å². The van der Waals surface area contributed by atoms with Gasteiger partial charge < -0.3 is 18.9 Å². The van der Waals surface area contributed by atoms with Crippen molar-refractivity contribution >= 4 is 29.1 Å². The van der Waals surface area contributed by atoms with Crippen molar-refractivity contribution in [2.45, 2.75) is 19.9 Å². The number of carbonyl (C=O) groups excluding carboxylic acids is 1. The van der Waals surface area contributed by atoms with Crippen LogP contribution in [0.5, 0.6) is 17.2 Å². The summed E-state index contributed by atoms with van der Waals surface area (Å²) in [6.45, 7) is 3.50. The zero-order chi connectivity index (χ0) is 27.6. The van der Waals surface area contributed by atoms with Crippen molar-refractivity contribution in [2.24, 2.45) is 4.99 Å². The number of methoxy groups -OCH3 is 3. The van der Waals surface area contributed by atoms with Crippen molar-refractivity contribution < 1.29 is 28.7 Å². The fourth-order valence-electron chi connectivity index (χ4n) is 4.25. The molecule has 198 valence electrons. The fraction of sp³-hybridized carbons (Fsp3) is 0.269. The maximum absolute atomic E-state index is 13.8. The number of nitro groups is 1. The van der Waals surface area contributed by atoms with Crippen LogP contribution in [0.25, 0.3) is 6.08 Å². The molecule has 0 N–H and O–H groups in total. The van der Waals surface area contributed by atoms with Crippen LogP contribution in [0.2, 0.25) is 0 Å². The number of hydrogen-bond donors (Lipinski definition) is 0. The lowest BCUT2D eigenvalue weighted by Gasteiger charge is -2.26. The summed E-state index contributed by atoms with van der Waals surface area (Å²) in [7, 11) is 4.42. The molecule has 0 spiro atoms. The first-order chi connectivity index (χ1) is 18.2. The van der Waals surface area contributed by atoms with E-state index < -0.39 is 22.5 Å². The van der Waals surface area contributed by atoms with Gasteiger partial charge in [-0.2, -0.15) is 0 Å². The quantitative estimate of drug-likeness (QED) is 0.243. The predicted molar refractivity (Wildman–Crippen MR) is 140 cm³/mol. The Labute approximate surface area is 221 Å². The number of esters is 1. The molecule has 1 aromatic heterocycles. The topological polar surface area (TPSA) is 131 Å². The molecule has 3 aromatic rings. The number of allylic oxidation sites excluding steroid dienone is 1. The number of nitrogens with zero attached hydrogens (tertiary/aromatic N) is 3. The third-order valence-corrected chi connectivity index (χ3v) is 6.88. The third-order valence-electron chi connectivity index (χ3n) is 5.90. The second-order valence-corrected chi connectivity index (χ2v) is 9.12. The van der Waals surface area contributed by atoms with E-state index in [-0.39, 0.29) is 17.9 Å². The van der Waals surface area contributed by atoms with E-state index in [1.165, 1.54) is 38.0 Å². The zero-order valence-electron chi connectivity index (χ0n) is 21.3. The maximum Gasteiger partial charge on any atom is 0.338 e. The minimum atomic E-state index is -0.911. The summed E-state index contributed by atoms with van der Waals surface area (Å²) < 4.78 is 23.5. The predicted octanol–water partition coefficient (Wildman–Crippen LogP) is 2.73. The highest BCUT2D eigenvalue weighted by Gasteiger charge is 2.34. The SMILES string of the molecule is CCOC(=O)C1=C(C)N=c2sc(=Cc3cccc([N+](=O)[O-])c3)c(=O)n2C1c1cc(OC)c(OC)c(OC)c1. The third kappa shape index (κ3) is 4.77. The van der Waals surface area contributed by atoms with Crippen LogP contribution >= 0.6 is 11.3 Å². The molecule has 0 saturated heterocycles. The summed E-state index contributed by atoms with van der Waals surface area (Å²) in [5, 5.41) is 11.2. The number of non-ortho nitro benzene ring substituents is 1. The van der Waals surface area contributed by atoms with Crippen molar-refractivity contribution in [1.82, 2.24) is 4.57 Å². The van der Waals surface area contributed by atoms with Crippen LogP contribution in [0.1, 0.15) is 31.0 Å². The molecule has 0 aliphatic carbocycles. The lowest BCUT2D eigenvalue weighted by atomic mass is 9.95. The number of fused-ring (bicyclic) bond motifs is 1. The van der Waals surface area contributed by atoms with Gasteiger partial charge >= 0.3 is 5.97 Å². The highest BCUT2D eigenvalue weighted by molar-refractivity contribution is 7.07. The molecule has 1 aliphatic heterocycles. The standard InChI is InChI=1S/C26H25N3O8S/c1-6-37-25(31)21-14(2)27-26-28(22(21)16-12-18(34-3)23(36-5)19(13-16)35-4)24(30)20(38-26)11-15-8-7-9-17(10-15)29(32)33/h7-13,22H,6H2,1-5H3. The van der Waals surface area contributed by atoms with E-state index in [2.05, 4.69) is 4.99 Å². The van der Waals surface area contributed by atoms with E-state index in [4.69, 9.17) is 18.9 Å². The molecule has 4 rings (SSSR count). The van der Waals surface area contributed by atoms with Gasteiger partial charge in [0.25, 0.3) is 11.2 Å². The number of aromatic nitrogens is 1. The van der Waals surface area contributed by atoms with Crippen LogP contribution in [0.15, 0.2) is 57.5 Å². The molecule has 0 amide bonds. The second kappa shape index (κ2) is 10.9. The van der Waals surface area contributed by atoms with E-state index in [1.807, 2.05) is 0 Å². The van der Waals surface area contributed by atoms with Crippen LogP contribution in [0.4, 0.5) is 5.69 Å². The van der Waals surface area contributed by atoms with Crippen LogP contribution in [0.3, 0.4) is 0 Å². The number of hydrogen-bond acceptors (Lipinski definition) is 10. The lowest BCUT2D eigenvalue weighted by molar-refractivity contribution is -0.384. The van der Waals surface area contributed by atoms with Crippen molar-refractivity contribution in [3.8, 4) is 17.2 Å². The van der Waals surface area contributed by atoms with E-state index in [0.717, 1.165) is 11.3 Å². The molecule has 2 aromatic carbocycles. The molecule has 0 radical (unpaired) electrons. The molecular weight excluding hydrogens is 514 g/mol. The van der Waals surface area contributed by atoms with Crippen LogP contribution in [0, 0.1) is 10.1 Å². The van der Waals surface area contributed by atoms with Gasteiger partial charge in [0.1, 0.15) is 0 Å². The minimum absolute atomic E-state index is 0.0951. The first kappa shape index (κ1) is 26.6. The summed E-state index contributed by atoms with van der Waals surface area (Å²) in [5.41, 5.74) is 1.06. The molecule has 1 atom stereocenters. The Morgan fingerprint density at radius 1 is 1.16 bits per heavy atom. The molecule has 12 heteroatoms. The highest BCUT2D eigenvalue weighted by Crippen LogP contribution is 2.42. The Morgan fingerprint density at radius 2 is 1.84 bits per heavy atom. The van der Waals surface area contributed by atoms with E-state index in [9.17, 15) is 19.7 Å². The summed E-state index contributed by atoms with van der Waals surface area (Å²) >= 11 is 1.11. The monoisotopic (exact) mass is 539 g/mol. The zero-order valence-corrected chi connectivity index (χ0v) is 22.2. The average molecular weight is 540 g/mol. The Hall–Kier alpha value is -4.45. The lowest BCUT2D eigenvalue weighted by Crippen LogP contribution is -2.40. The number of ether oxygens (including phenoxy) is 4. The number of benzene rings is 2. The Bertz CT molecular complexity index is 1610. The van der Waals surface area contributed by atoms with Crippen molar-refractivity contribution in [3.05, 3.63) is 88.6 Å². The Kier molecular flexibility index (Phi) is 7.62. The summed E-state index contributed by atoms with van der Waals surface area (Å²) in [6, 6.07) is 8.39. The van der Waals surface area contributed by atoms with Crippen molar-refractivity contribution in [3.63, 3.8) is 0 Å². The molecule has 0 fully saturated rings. The first-order valence-electron chi connectivity index (χ1n) is 11.5. The maximum atomic E-state index is 13.8. The van der Waals surface area contributed by atoms with Gasteiger partial charge in [0, 0.05) is 12.1 Å². The largest absolute Gasteiger partial charge is 0.493 e. The van der Waals surface area contributed by atoms with Crippen LogP contribution in [-0.2, 0) is 9.53 Å². The van der Waals surface area contributed by atoms with Gasteiger partial charge in [0.15, 0.2) is 16.3 Å². The Balaban J connectivity index is 2.00. The molecule has 1 unspecified atom stereocenters. The summed E-state index contributed by atoms with van der Waals surface area (Å²) in [5.74, 6) is 0.438. The molecule has 1 aliphatic rings. The van der Waals surface area contributed by atoms with Crippen molar-refractivity contribution in [2.75, 3.05) is 27.9 Å². The average Bonchev–Trinajstić information content (AvgIpc) is 3.21. The molecule has 11 nitrogen and oxygen atoms in total.